The lowest BCUT2D eigenvalue weighted by molar-refractivity contribution is -0.140. The molecule has 5 nitrogen and oxygen atoms in total. The largest absolute Gasteiger partial charge is 0.341 e. The molecule has 2 saturated heterocycles. The van der Waals surface area contributed by atoms with Crippen LogP contribution in [0, 0.1) is 5.92 Å². The molecule has 1 atom stereocenters. The van der Waals surface area contributed by atoms with E-state index in [9.17, 15) is 9.59 Å². The van der Waals surface area contributed by atoms with Crippen LogP contribution in [-0.4, -0.2) is 52.3 Å². The molecular formula is C18H23N3O2. The van der Waals surface area contributed by atoms with Crippen molar-refractivity contribution < 1.29 is 9.59 Å². The molecule has 0 unspecified atom stereocenters. The highest BCUT2D eigenvalue weighted by Crippen LogP contribution is 2.32. The first kappa shape index (κ1) is 14.7. The number of hydrogen-bond donors (Lipinski definition) is 0. The summed E-state index contributed by atoms with van der Waals surface area (Å²) in [4.78, 5) is 33.1. The predicted molar refractivity (Wildman–Crippen MR) is 85.6 cm³/mol. The van der Waals surface area contributed by atoms with Crippen LogP contribution in [0.1, 0.15) is 43.7 Å². The van der Waals surface area contributed by atoms with E-state index in [0.29, 0.717) is 24.9 Å². The van der Waals surface area contributed by atoms with Gasteiger partial charge in [-0.3, -0.25) is 14.6 Å². The Kier molecular flexibility index (Phi) is 3.79. The second-order valence-electron chi connectivity index (χ2n) is 7.08. The molecule has 0 bridgehead atoms. The Bertz CT molecular complexity index is 592. The van der Waals surface area contributed by atoms with Crippen molar-refractivity contribution in [3.63, 3.8) is 0 Å². The first-order chi connectivity index (χ1) is 11.2. The van der Waals surface area contributed by atoms with E-state index in [4.69, 9.17) is 0 Å². The number of aromatic nitrogens is 1. The zero-order valence-electron chi connectivity index (χ0n) is 13.4. The van der Waals surface area contributed by atoms with Gasteiger partial charge >= 0.3 is 0 Å². The fraction of sp³-hybridized carbons (Fsp3) is 0.611. The van der Waals surface area contributed by atoms with E-state index >= 15 is 0 Å². The standard InChI is InChI=1S/C18H23N3O2/c22-17-9-13(12-21(17)15-5-1-2-6-15)18(23)20-10-14(11-20)16-7-3-4-8-19-16/h3-4,7-8,13-15H,1-2,5-6,9-12H2/t13-/m0/s1. The summed E-state index contributed by atoms with van der Waals surface area (Å²) in [6.07, 6.45) is 6.85. The predicted octanol–water partition coefficient (Wildman–Crippen LogP) is 1.80. The Labute approximate surface area is 136 Å². The topological polar surface area (TPSA) is 53.5 Å². The normalized spacial score (nSPS) is 25.9. The van der Waals surface area contributed by atoms with E-state index in [0.717, 1.165) is 31.6 Å². The van der Waals surface area contributed by atoms with Crippen molar-refractivity contribution in [3.05, 3.63) is 30.1 Å². The number of rotatable bonds is 3. The van der Waals surface area contributed by atoms with Crippen molar-refractivity contribution in [1.82, 2.24) is 14.8 Å². The molecule has 3 fully saturated rings. The summed E-state index contributed by atoms with van der Waals surface area (Å²) < 4.78 is 0. The van der Waals surface area contributed by atoms with Gasteiger partial charge < -0.3 is 9.80 Å². The Morgan fingerprint density at radius 1 is 1.13 bits per heavy atom. The average molecular weight is 313 g/mol. The van der Waals surface area contributed by atoms with Crippen LogP contribution in [0.3, 0.4) is 0 Å². The third-order valence-corrected chi connectivity index (χ3v) is 5.57. The van der Waals surface area contributed by atoms with Gasteiger partial charge in [0.25, 0.3) is 0 Å². The van der Waals surface area contributed by atoms with E-state index in [1.807, 2.05) is 28.0 Å². The molecule has 1 aromatic heterocycles. The second kappa shape index (κ2) is 5.95. The maximum absolute atomic E-state index is 12.6. The molecule has 3 aliphatic rings. The minimum Gasteiger partial charge on any atom is -0.341 e. The van der Waals surface area contributed by atoms with Crippen molar-refractivity contribution in [2.24, 2.45) is 5.92 Å². The molecule has 2 aliphatic heterocycles. The summed E-state index contributed by atoms with van der Waals surface area (Å²) in [6.45, 7) is 2.11. The number of hydrogen-bond acceptors (Lipinski definition) is 3. The van der Waals surface area contributed by atoms with Crippen molar-refractivity contribution >= 4 is 11.8 Å². The van der Waals surface area contributed by atoms with Crippen LogP contribution in [0.4, 0.5) is 0 Å². The van der Waals surface area contributed by atoms with Crippen molar-refractivity contribution in [2.75, 3.05) is 19.6 Å². The molecule has 23 heavy (non-hydrogen) atoms. The van der Waals surface area contributed by atoms with Gasteiger partial charge in [0.2, 0.25) is 11.8 Å². The van der Waals surface area contributed by atoms with E-state index in [-0.39, 0.29) is 17.7 Å². The maximum Gasteiger partial charge on any atom is 0.228 e. The highest BCUT2D eigenvalue weighted by atomic mass is 16.2. The minimum absolute atomic E-state index is 0.132. The molecule has 0 spiro atoms. The van der Waals surface area contributed by atoms with Gasteiger partial charge in [0.15, 0.2) is 0 Å². The van der Waals surface area contributed by atoms with Crippen molar-refractivity contribution in [3.8, 4) is 0 Å². The monoisotopic (exact) mass is 313 g/mol. The van der Waals surface area contributed by atoms with E-state index < -0.39 is 0 Å². The van der Waals surface area contributed by atoms with Crippen LogP contribution in [0.2, 0.25) is 0 Å². The zero-order valence-corrected chi connectivity index (χ0v) is 13.4. The van der Waals surface area contributed by atoms with Crippen LogP contribution >= 0.6 is 0 Å². The number of nitrogens with zero attached hydrogens (tertiary/aromatic N) is 3. The van der Waals surface area contributed by atoms with Gasteiger partial charge in [-0.05, 0) is 25.0 Å². The fourth-order valence-corrected chi connectivity index (χ4v) is 4.19. The van der Waals surface area contributed by atoms with Gasteiger partial charge in [0.1, 0.15) is 0 Å². The third-order valence-electron chi connectivity index (χ3n) is 5.57. The highest BCUT2D eigenvalue weighted by Gasteiger charge is 2.43. The fourth-order valence-electron chi connectivity index (χ4n) is 4.19. The molecule has 2 amide bonds. The second-order valence-corrected chi connectivity index (χ2v) is 7.08. The van der Waals surface area contributed by atoms with Gasteiger partial charge in [-0.1, -0.05) is 18.9 Å². The summed E-state index contributed by atoms with van der Waals surface area (Å²) in [6, 6.07) is 6.31. The van der Waals surface area contributed by atoms with Crippen molar-refractivity contribution in [1.29, 1.82) is 0 Å². The molecule has 0 radical (unpaired) electrons. The Morgan fingerprint density at radius 3 is 2.61 bits per heavy atom. The van der Waals surface area contributed by atoms with E-state index in [1.165, 1.54) is 12.8 Å². The molecule has 0 N–H and O–H groups in total. The van der Waals surface area contributed by atoms with Gasteiger partial charge in [-0.25, -0.2) is 0 Å². The Morgan fingerprint density at radius 2 is 1.91 bits per heavy atom. The first-order valence-corrected chi connectivity index (χ1v) is 8.71. The van der Waals surface area contributed by atoms with Crippen LogP contribution in [-0.2, 0) is 9.59 Å². The van der Waals surface area contributed by atoms with Crippen LogP contribution in [0.25, 0.3) is 0 Å². The molecule has 5 heteroatoms. The van der Waals surface area contributed by atoms with Crippen LogP contribution in [0.5, 0.6) is 0 Å². The maximum atomic E-state index is 12.6. The zero-order chi connectivity index (χ0) is 15.8. The Balaban J connectivity index is 1.33. The molecule has 122 valence electrons. The quantitative estimate of drug-likeness (QED) is 0.855. The molecule has 1 saturated carbocycles. The van der Waals surface area contributed by atoms with Gasteiger partial charge in [-0.15, -0.1) is 0 Å². The summed E-state index contributed by atoms with van der Waals surface area (Å²) in [5, 5.41) is 0. The molecule has 1 aromatic rings. The lowest BCUT2D eigenvalue weighted by atomic mass is 9.93. The van der Waals surface area contributed by atoms with Crippen LogP contribution in [0.15, 0.2) is 24.4 Å². The SMILES string of the molecule is O=C([C@H]1CC(=O)N(C2CCCC2)C1)N1CC(c2ccccn2)C1. The van der Waals surface area contributed by atoms with Gasteiger partial charge in [-0.2, -0.15) is 0 Å². The van der Waals surface area contributed by atoms with Gasteiger partial charge in [0.05, 0.1) is 5.92 Å². The summed E-state index contributed by atoms with van der Waals surface area (Å²) in [5.41, 5.74) is 1.06. The third kappa shape index (κ3) is 2.73. The molecular weight excluding hydrogens is 290 g/mol. The first-order valence-electron chi connectivity index (χ1n) is 8.71. The van der Waals surface area contributed by atoms with Crippen molar-refractivity contribution in [2.45, 2.75) is 44.1 Å². The number of carbonyl (C=O) groups is 2. The molecule has 4 rings (SSSR count). The number of likely N-dealkylation sites (tertiary alicyclic amines) is 2. The molecule has 0 aromatic carbocycles. The summed E-state index contributed by atoms with van der Waals surface area (Å²) in [7, 11) is 0. The summed E-state index contributed by atoms with van der Waals surface area (Å²) >= 11 is 0. The van der Waals surface area contributed by atoms with Gasteiger partial charge in [0, 0.05) is 49.9 Å². The van der Waals surface area contributed by atoms with Crippen LogP contribution < -0.4 is 0 Å². The molecule has 1 aliphatic carbocycles. The lowest BCUT2D eigenvalue weighted by Crippen LogP contribution is -2.51. The smallest absolute Gasteiger partial charge is 0.228 e. The highest BCUT2D eigenvalue weighted by molar-refractivity contribution is 5.89. The number of pyridine rings is 1. The summed E-state index contributed by atoms with van der Waals surface area (Å²) in [5.74, 6) is 0.555. The average Bonchev–Trinajstić information content (AvgIpc) is 3.16. The van der Waals surface area contributed by atoms with E-state index in [2.05, 4.69) is 4.98 Å². The molecule has 3 heterocycles. The Hall–Kier alpha value is -1.91. The number of amides is 2. The minimum atomic E-state index is -0.132. The number of carbonyl (C=O) groups excluding carboxylic acids is 2. The lowest BCUT2D eigenvalue weighted by Gasteiger charge is -2.40. The van der Waals surface area contributed by atoms with E-state index in [1.54, 1.807) is 6.20 Å².